The van der Waals surface area contributed by atoms with Gasteiger partial charge in [0.1, 0.15) is 5.82 Å². The molecule has 0 N–H and O–H groups in total. The van der Waals surface area contributed by atoms with E-state index in [0.717, 1.165) is 56.6 Å². The van der Waals surface area contributed by atoms with E-state index in [0.29, 0.717) is 0 Å². The van der Waals surface area contributed by atoms with E-state index >= 15 is 0 Å². The Balaban J connectivity index is 1.51. The van der Waals surface area contributed by atoms with Crippen molar-refractivity contribution in [1.29, 1.82) is 0 Å². The van der Waals surface area contributed by atoms with E-state index in [1.165, 1.54) is 0 Å². The lowest BCUT2D eigenvalue weighted by molar-refractivity contribution is 0.259. The van der Waals surface area contributed by atoms with Gasteiger partial charge in [-0.1, -0.05) is 5.21 Å². The Morgan fingerprint density at radius 1 is 1.17 bits per heavy atom. The van der Waals surface area contributed by atoms with Gasteiger partial charge in [0.15, 0.2) is 0 Å². The molecule has 0 amide bonds. The minimum Gasteiger partial charge on any atom is -0.354 e. The molecule has 0 aliphatic carbocycles. The molecule has 8 heteroatoms. The average molecular weight is 316 g/mol. The van der Waals surface area contributed by atoms with Crippen LogP contribution >= 0.6 is 0 Å². The van der Waals surface area contributed by atoms with Crippen molar-refractivity contribution >= 4 is 11.8 Å². The van der Waals surface area contributed by atoms with Crippen molar-refractivity contribution in [2.75, 3.05) is 56.6 Å². The predicted octanol–water partition coefficient (Wildman–Crippen LogP) is 0.0358. The first-order valence-corrected chi connectivity index (χ1v) is 7.95. The molecule has 124 valence electrons. The molecule has 2 aromatic heterocycles. The Bertz CT molecular complexity index is 630. The quantitative estimate of drug-likeness (QED) is 0.771. The third-order valence-corrected chi connectivity index (χ3v) is 4.06. The van der Waals surface area contributed by atoms with Gasteiger partial charge in [-0.15, -0.1) is 5.10 Å². The molecule has 0 spiro atoms. The molecule has 2 aromatic rings. The highest BCUT2D eigenvalue weighted by molar-refractivity contribution is 5.43. The van der Waals surface area contributed by atoms with Gasteiger partial charge in [0.25, 0.3) is 0 Å². The van der Waals surface area contributed by atoms with Crippen LogP contribution in [0.25, 0.3) is 0 Å². The van der Waals surface area contributed by atoms with Crippen LogP contribution in [0.1, 0.15) is 5.69 Å². The third-order valence-electron chi connectivity index (χ3n) is 4.06. The molecule has 1 saturated heterocycles. The van der Waals surface area contributed by atoms with E-state index in [1.54, 1.807) is 4.68 Å². The maximum absolute atomic E-state index is 4.62. The summed E-state index contributed by atoms with van der Waals surface area (Å²) < 4.78 is 1.75. The first-order valence-electron chi connectivity index (χ1n) is 7.95. The second-order valence-corrected chi connectivity index (χ2v) is 6.07. The van der Waals surface area contributed by atoms with E-state index in [1.807, 2.05) is 44.5 Å². The van der Waals surface area contributed by atoms with Crippen LogP contribution in [0.15, 0.2) is 18.5 Å². The largest absolute Gasteiger partial charge is 0.354 e. The molecule has 0 bridgehead atoms. The van der Waals surface area contributed by atoms with Gasteiger partial charge >= 0.3 is 0 Å². The van der Waals surface area contributed by atoms with Crippen LogP contribution in [0.3, 0.4) is 0 Å². The van der Waals surface area contributed by atoms with Crippen LogP contribution < -0.4 is 9.80 Å². The molecule has 3 rings (SSSR count). The maximum atomic E-state index is 4.62. The fourth-order valence-corrected chi connectivity index (χ4v) is 2.71. The van der Waals surface area contributed by atoms with Gasteiger partial charge in [0, 0.05) is 72.7 Å². The van der Waals surface area contributed by atoms with Crippen LogP contribution in [0.4, 0.5) is 11.8 Å². The van der Waals surface area contributed by atoms with Crippen molar-refractivity contribution in [3.05, 3.63) is 24.2 Å². The summed E-state index contributed by atoms with van der Waals surface area (Å²) in [7, 11) is 5.83. The molecule has 23 heavy (non-hydrogen) atoms. The average Bonchev–Trinajstić information content (AvgIpc) is 2.99. The lowest BCUT2D eigenvalue weighted by Crippen LogP contribution is -2.47. The molecule has 8 nitrogen and oxygen atoms in total. The second kappa shape index (κ2) is 6.91. The molecule has 0 radical (unpaired) electrons. The number of rotatable bonds is 5. The number of anilines is 2. The highest BCUT2D eigenvalue weighted by Gasteiger charge is 2.18. The van der Waals surface area contributed by atoms with Crippen LogP contribution in [0.5, 0.6) is 0 Å². The number of aromatic nitrogens is 5. The molecule has 1 fully saturated rings. The van der Waals surface area contributed by atoms with Crippen molar-refractivity contribution < 1.29 is 0 Å². The van der Waals surface area contributed by atoms with Gasteiger partial charge in [-0.2, -0.15) is 4.98 Å². The smallest absolute Gasteiger partial charge is 0.226 e. The van der Waals surface area contributed by atoms with Gasteiger partial charge < -0.3 is 9.80 Å². The first kappa shape index (κ1) is 15.7. The predicted molar refractivity (Wildman–Crippen MR) is 89.7 cm³/mol. The zero-order valence-electron chi connectivity index (χ0n) is 14.1. The Kier molecular flexibility index (Phi) is 4.71. The van der Waals surface area contributed by atoms with Crippen molar-refractivity contribution in [2.45, 2.75) is 6.42 Å². The molecular formula is C15H24N8. The molecule has 3 heterocycles. The standard InChI is InChI=1S/C15H24N8/c1-20(2)15-16-6-4-14(17-15)23-10-8-22(9-11-23)7-5-13-12-21(3)19-18-13/h4,6,12H,5,7-11H2,1-3H3. The SMILES string of the molecule is CN(C)c1nccc(N2CCN(CCc3cn(C)nn3)CC2)n1. The van der Waals surface area contributed by atoms with Crippen LogP contribution in [0, 0.1) is 0 Å². The van der Waals surface area contributed by atoms with Crippen LogP contribution in [-0.2, 0) is 13.5 Å². The fraction of sp³-hybridized carbons (Fsp3) is 0.600. The Morgan fingerprint density at radius 2 is 1.96 bits per heavy atom. The molecule has 0 saturated carbocycles. The normalized spacial score (nSPS) is 15.9. The minimum atomic E-state index is 0.757. The van der Waals surface area contributed by atoms with E-state index in [-0.39, 0.29) is 0 Å². The minimum absolute atomic E-state index is 0.757. The summed E-state index contributed by atoms with van der Waals surface area (Å²) in [6.07, 6.45) is 4.77. The summed E-state index contributed by atoms with van der Waals surface area (Å²) in [5, 5.41) is 8.12. The summed E-state index contributed by atoms with van der Waals surface area (Å²) in [5.74, 6) is 1.77. The lowest BCUT2D eigenvalue weighted by Gasteiger charge is -2.35. The molecule has 1 aliphatic rings. The lowest BCUT2D eigenvalue weighted by atomic mass is 10.2. The van der Waals surface area contributed by atoms with E-state index in [2.05, 4.69) is 30.1 Å². The van der Waals surface area contributed by atoms with Crippen LogP contribution in [-0.4, -0.2) is 76.7 Å². The number of nitrogens with zero attached hydrogens (tertiary/aromatic N) is 8. The zero-order chi connectivity index (χ0) is 16.2. The van der Waals surface area contributed by atoms with Gasteiger partial charge in [0.2, 0.25) is 5.95 Å². The van der Waals surface area contributed by atoms with Crippen molar-refractivity contribution in [2.24, 2.45) is 7.05 Å². The van der Waals surface area contributed by atoms with E-state index in [4.69, 9.17) is 0 Å². The Labute approximate surface area is 136 Å². The molecule has 1 aliphatic heterocycles. The summed E-state index contributed by atoms with van der Waals surface area (Å²) in [6, 6.07) is 1.99. The van der Waals surface area contributed by atoms with Crippen molar-refractivity contribution in [1.82, 2.24) is 29.9 Å². The van der Waals surface area contributed by atoms with Gasteiger partial charge in [-0.3, -0.25) is 9.58 Å². The topological polar surface area (TPSA) is 66.2 Å². The Morgan fingerprint density at radius 3 is 2.61 bits per heavy atom. The van der Waals surface area contributed by atoms with Crippen molar-refractivity contribution in [3.8, 4) is 0 Å². The third kappa shape index (κ3) is 3.95. The molecule has 0 unspecified atom stereocenters. The van der Waals surface area contributed by atoms with E-state index < -0.39 is 0 Å². The number of piperazine rings is 1. The summed E-state index contributed by atoms with van der Waals surface area (Å²) in [5.41, 5.74) is 1.06. The Hall–Kier alpha value is -2.22. The van der Waals surface area contributed by atoms with Gasteiger partial charge in [-0.25, -0.2) is 4.98 Å². The van der Waals surface area contributed by atoms with Gasteiger partial charge in [0.05, 0.1) is 5.69 Å². The zero-order valence-corrected chi connectivity index (χ0v) is 14.1. The van der Waals surface area contributed by atoms with Crippen molar-refractivity contribution in [3.63, 3.8) is 0 Å². The first-order chi connectivity index (χ1) is 11.1. The summed E-state index contributed by atoms with van der Waals surface area (Å²) in [6.45, 7) is 5.09. The monoisotopic (exact) mass is 316 g/mol. The second-order valence-electron chi connectivity index (χ2n) is 6.07. The summed E-state index contributed by atoms with van der Waals surface area (Å²) >= 11 is 0. The number of hydrogen-bond donors (Lipinski definition) is 0. The van der Waals surface area contributed by atoms with E-state index in [9.17, 15) is 0 Å². The number of hydrogen-bond acceptors (Lipinski definition) is 7. The highest BCUT2D eigenvalue weighted by atomic mass is 15.4. The summed E-state index contributed by atoms with van der Waals surface area (Å²) in [4.78, 5) is 15.6. The number of aryl methyl sites for hydroxylation is 1. The molecule has 0 aromatic carbocycles. The molecular weight excluding hydrogens is 292 g/mol. The highest BCUT2D eigenvalue weighted by Crippen LogP contribution is 2.15. The maximum Gasteiger partial charge on any atom is 0.226 e. The molecule has 0 atom stereocenters. The van der Waals surface area contributed by atoms with Gasteiger partial charge in [-0.05, 0) is 6.07 Å². The fourth-order valence-electron chi connectivity index (χ4n) is 2.71. The van der Waals surface area contributed by atoms with Crippen LogP contribution in [0.2, 0.25) is 0 Å².